The van der Waals surface area contributed by atoms with Gasteiger partial charge < -0.3 is 10.1 Å². The van der Waals surface area contributed by atoms with Crippen molar-refractivity contribution in [1.29, 1.82) is 0 Å². The maximum Gasteiger partial charge on any atom is 0.126 e. The molecule has 4 heteroatoms. The van der Waals surface area contributed by atoms with Crippen LogP contribution in [-0.4, -0.2) is 11.5 Å². The molecule has 0 bridgehead atoms. The third kappa shape index (κ3) is 4.83. The van der Waals surface area contributed by atoms with E-state index in [9.17, 15) is 0 Å². The average molecular weight is 291 g/mol. The Morgan fingerprint density at radius 3 is 2.70 bits per heavy atom. The molecule has 0 aliphatic heterocycles. The van der Waals surface area contributed by atoms with Crippen LogP contribution in [0.4, 0.5) is 5.82 Å². The molecular formula is C16H19ClN2O. The van der Waals surface area contributed by atoms with E-state index >= 15 is 0 Å². The van der Waals surface area contributed by atoms with Crippen molar-refractivity contribution in [2.75, 3.05) is 11.9 Å². The molecule has 2 aromatic rings. The van der Waals surface area contributed by atoms with Crippen LogP contribution in [0.1, 0.15) is 24.5 Å². The Morgan fingerprint density at radius 2 is 1.95 bits per heavy atom. The van der Waals surface area contributed by atoms with E-state index in [0.29, 0.717) is 13.2 Å². The van der Waals surface area contributed by atoms with E-state index in [1.807, 2.05) is 36.4 Å². The van der Waals surface area contributed by atoms with Crippen LogP contribution in [0.2, 0.25) is 5.02 Å². The van der Waals surface area contributed by atoms with Crippen LogP contribution in [0.15, 0.2) is 42.6 Å². The molecule has 0 radical (unpaired) electrons. The maximum atomic E-state index is 5.94. The molecule has 0 atom stereocenters. The normalized spacial score (nSPS) is 10.5. The summed E-state index contributed by atoms with van der Waals surface area (Å²) in [5, 5.41) is 4.00. The highest BCUT2D eigenvalue weighted by Gasteiger charge is 1.99. The largest absolute Gasteiger partial charge is 0.372 e. The summed E-state index contributed by atoms with van der Waals surface area (Å²) in [6.07, 6.45) is 2.88. The van der Waals surface area contributed by atoms with Gasteiger partial charge in [-0.25, -0.2) is 4.98 Å². The summed E-state index contributed by atoms with van der Waals surface area (Å²) in [6, 6.07) is 11.7. The summed E-state index contributed by atoms with van der Waals surface area (Å²) in [7, 11) is 0. The van der Waals surface area contributed by atoms with E-state index < -0.39 is 0 Å². The fourth-order valence-electron chi connectivity index (χ4n) is 1.83. The number of rotatable bonds is 7. The zero-order valence-electron chi connectivity index (χ0n) is 11.6. The van der Waals surface area contributed by atoms with E-state index in [-0.39, 0.29) is 0 Å². The molecule has 0 saturated heterocycles. The summed E-state index contributed by atoms with van der Waals surface area (Å²) >= 11 is 5.94. The maximum absolute atomic E-state index is 5.94. The van der Waals surface area contributed by atoms with Gasteiger partial charge in [-0.3, -0.25) is 0 Å². The highest BCUT2D eigenvalue weighted by molar-refractivity contribution is 6.30. The van der Waals surface area contributed by atoms with Crippen molar-refractivity contribution in [2.24, 2.45) is 0 Å². The number of benzene rings is 1. The highest BCUT2D eigenvalue weighted by atomic mass is 35.5. The summed E-state index contributed by atoms with van der Waals surface area (Å²) < 4.78 is 5.71. The number of halogens is 1. The van der Waals surface area contributed by atoms with Crippen molar-refractivity contribution in [1.82, 2.24) is 4.98 Å². The Labute approximate surface area is 124 Å². The molecule has 20 heavy (non-hydrogen) atoms. The van der Waals surface area contributed by atoms with Crippen LogP contribution >= 0.6 is 11.6 Å². The predicted octanol–water partition coefficient (Wildman–Crippen LogP) is 4.27. The van der Waals surface area contributed by atoms with Crippen molar-refractivity contribution < 1.29 is 4.74 Å². The molecular weight excluding hydrogens is 272 g/mol. The standard InChI is InChI=1S/C16H19ClN2O/c1-2-7-18-16-10-14(6-8-19-16)12-20-11-13-4-3-5-15(17)9-13/h3-6,8-10H,2,7,11-12H2,1H3,(H,18,19). The summed E-state index contributed by atoms with van der Waals surface area (Å²) in [4.78, 5) is 4.27. The molecule has 1 aromatic heterocycles. The van der Waals surface area contributed by atoms with Crippen molar-refractivity contribution in [3.63, 3.8) is 0 Å². The third-order valence-electron chi connectivity index (χ3n) is 2.81. The smallest absolute Gasteiger partial charge is 0.126 e. The lowest BCUT2D eigenvalue weighted by molar-refractivity contribution is 0.107. The van der Waals surface area contributed by atoms with Crippen molar-refractivity contribution in [3.8, 4) is 0 Å². The summed E-state index contributed by atoms with van der Waals surface area (Å²) in [5.41, 5.74) is 2.19. The second-order valence-electron chi connectivity index (χ2n) is 4.60. The van der Waals surface area contributed by atoms with Gasteiger partial charge in [-0.1, -0.05) is 30.7 Å². The van der Waals surface area contributed by atoms with Gasteiger partial charge in [0.15, 0.2) is 0 Å². The van der Waals surface area contributed by atoms with Gasteiger partial charge >= 0.3 is 0 Å². The highest BCUT2D eigenvalue weighted by Crippen LogP contribution is 2.13. The topological polar surface area (TPSA) is 34.1 Å². The number of hydrogen-bond donors (Lipinski definition) is 1. The molecule has 2 rings (SSSR count). The SMILES string of the molecule is CCCNc1cc(COCc2cccc(Cl)c2)ccn1. The van der Waals surface area contributed by atoms with E-state index in [2.05, 4.69) is 17.2 Å². The van der Waals surface area contributed by atoms with Gasteiger partial charge in [0.2, 0.25) is 0 Å². The van der Waals surface area contributed by atoms with E-state index in [4.69, 9.17) is 16.3 Å². The van der Waals surface area contributed by atoms with Gasteiger partial charge in [-0.15, -0.1) is 0 Å². The van der Waals surface area contributed by atoms with Crippen molar-refractivity contribution in [2.45, 2.75) is 26.6 Å². The minimum Gasteiger partial charge on any atom is -0.372 e. The molecule has 0 amide bonds. The molecule has 106 valence electrons. The Balaban J connectivity index is 1.84. The van der Waals surface area contributed by atoms with Gasteiger partial charge in [0.25, 0.3) is 0 Å². The van der Waals surface area contributed by atoms with Crippen LogP contribution in [0.3, 0.4) is 0 Å². The predicted molar refractivity (Wildman–Crippen MR) is 83.0 cm³/mol. The monoisotopic (exact) mass is 290 g/mol. The Bertz CT molecular complexity index is 546. The number of nitrogens with one attached hydrogen (secondary N) is 1. The van der Waals surface area contributed by atoms with E-state index in [1.165, 1.54) is 0 Å². The zero-order chi connectivity index (χ0) is 14.2. The number of pyridine rings is 1. The number of hydrogen-bond acceptors (Lipinski definition) is 3. The van der Waals surface area contributed by atoms with Gasteiger partial charge in [-0.05, 0) is 41.8 Å². The molecule has 1 heterocycles. The van der Waals surface area contributed by atoms with Crippen LogP contribution in [0, 0.1) is 0 Å². The first-order valence-corrected chi connectivity index (χ1v) is 7.16. The van der Waals surface area contributed by atoms with Gasteiger partial charge in [-0.2, -0.15) is 0 Å². The molecule has 0 fully saturated rings. The van der Waals surface area contributed by atoms with Crippen molar-refractivity contribution in [3.05, 3.63) is 58.7 Å². The second-order valence-corrected chi connectivity index (χ2v) is 5.04. The Kier molecular flexibility index (Phi) is 5.84. The first kappa shape index (κ1) is 14.8. The van der Waals surface area contributed by atoms with Crippen LogP contribution in [0.5, 0.6) is 0 Å². The number of aromatic nitrogens is 1. The molecule has 0 aliphatic rings. The zero-order valence-corrected chi connectivity index (χ0v) is 12.4. The van der Waals surface area contributed by atoms with E-state index in [1.54, 1.807) is 6.20 Å². The number of anilines is 1. The lowest BCUT2D eigenvalue weighted by Gasteiger charge is -2.07. The Hall–Kier alpha value is -1.58. The average Bonchev–Trinajstić information content (AvgIpc) is 2.46. The fourth-order valence-corrected chi connectivity index (χ4v) is 2.04. The van der Waals surface area contributed by atoms with Crippen molar-refractivity contribution >= 4 is 17.4 Å². The van der Waals surface area contributed by atoms with Gasteiger partial charge in [0, 0.05) is 17.8 Å². The van der Waals surface area contributed by atoms with Crippen LogP contribution < -0.4 is 5.32 Å². The molecule has 0 aliphatic carbocycles. The van der Waals surface area contributed by atoms with Gasteiger partial charge in [0.05, 0.1) is 13.2 Å². The number of ether oxygens (including phenoxy) is 1. The third-order valence-corrected chi connectivity index (χ3v) is 3.04. The Morgan fingerprint density at radius 1 is 1.15 bits per heavy atom. The minimum absolute atomic E-state index is 0.556. The van der Waals surface area contributed by atoms with Crippen LogP contribution in [0.25, 0.3) is 0 Å². The molecule has 3 nitrogen and oxygen atoms in total. The lowest BCUT2D eigenvalue weighted by atomic mass is 10.2. The van der Waals surface area contributed by atoms with Crippen LogP contribution in [-0.2, 0) is 18.0 Å². The lowest BCUT2D eigenvalue weighted by Crippen LogP contribution is -2.02. The first-order valence-electron chi connectivity index (χ1n) is 6.79. The summed E-state index contributed by atoms with van der Waals surface area (Å²) in [6.45, 7) is 4.18. The number of nitrogens with zero attached hydrogens (tertiary/aromatic N) is 1. The van der Waals surface area contributed by atoms with E-state index in [0.717, 1.165) is 34.9 Å². The first-order chi connectivity index (χ1) is 9.78. The molecule has 0 saturated carbocycles. The molecule has 0 spiro atoms. The fraction of sp³-hybridized carbons (Fsp3) is 0.312. The minimum atomic E-state index is 0.556. The quantitative estimate of drug-likeness (QED) is 0.827. The summed E-state index contributed by atoms with van der Waals surface area (Å²) in [5.74, 6) is 0.899. The second kappa shape index (κ2) is 7.88. The molecule has 0 unspecified atom stereocenters. The van der Waals surface area contributed by atoms with Gasteiger partial charge in [0.1, 0.15) is 5.82 Å². The molecule has 1 N–H and O–H groups in total. The molecule has 1 aromatic carbocycles.